The van der Waals surface area contributed by atoms with Crippen molar-refractivity contribution in [2.45, 2.75) is 0 Å². The first-order valence-electron chi connectivity index (χ1n) is 9.09. The molecule has 1 aliphatic rings. The molecule has 0 saturated carbocycles. The third kappa shape index (κ3) is 4.64. The summed E-state index contributed by atoms with van der Waals surface area (Å²) in [6.07, 6.45) is 1.78. The van der Waals surface area contributed by atoms with E-state index < -0.39 is 0 Å². The third-order valence-corrected chi connectivity index (χ3v) is 4.90. The van der Waals surface area contributed by atoms with Gasteiger partial charge in [-0.25, -0.2) is 0 Å². The number of benzene rings is 3. The van der Waals surface area contributed by atoms with Crippen LogP contribution in [0.4, 0.5) is 11.4 Å². The number of nitrogens with one attached hydrogen (secondary N) is 2. The van der Waals surface area contributed by atoms with Crippen molar-refractivity contribution in [3.05, 3.63) is 87.9 Å². The number of rotatable bonds is 5. The average molecular weight is 439 g/mol. The van der Waals surface area contributed by atoms with Gasteiger partial charge >= 0.3 is 0 Å². The average Bonchev–Trinajstić information content (AvgIpc) is 3.02. The van der Waals surface area contributed by atoms with Gasteiger partial charge in [-0.3, -0.25) is 9.59 Å². The van der Waals surface area contributed by atoms with Crippen LogP contribution in [0.15, 0.2) is 66.7 Å². The SMILES string of the molecule is O=C(COc1ccc(/C=C2/C(=O)Nc3ccc(Cl)cc32)cc1)Nc1cccc(Cl)c1. The molecule has 3 aromatic rings. The number of hydrogen-bond donors (Lipinski definition) is 2. The van der Waals surface area contributed by atoms with Gasteiger partial charge in [-0.1, -0.05) is 41.4 Å². The van der Waals surface area contributed by atoms with Crippen molar-refractivity contribution in [3.8, 4) is 5.75 Å². The van der Waals surface area contributed by atoms with Crippen LogP contribution < -0.4 is 15.4 Å². The fourth-order valence-corrected chi connectivity index (χ4v) is 3.41. The van der Waals surface area contributed by atoms with E-state index in [-0.39, 0.29) is 18.4 Å². The topological polar surface area (TPSA) is 67.4 Å². The number of fused-ring (bicyclic) bond motifs is 1. The zero-order chi connectivity index (χ0) is 21.1. The smallest absolute Gasteiger partial charge is 0.262 e. The van der Waals surface area contributed by atoms with E-state index in [1.807, 2.05) is 12.1 Å². The van der Waals surface area contributed by atoms with Crippen LogP contribution >= 0.6 is 23.2 Å². The minimum absolute atomic E-state index is 0.138. The van der Waals surface area contributed by atoms with Crippen LogP contribution in [-0.2, 0) is 9.59 Å². The van der Waals surface area contributed by atoms with Gasteiger partial charge in [0.15, 0.2) is 6.61 Å². The first kappa shape index (κ1) is 20.0. The fourth-order valence-electron chi connectivity index (χ4n) is 3.04. The van der Waals surface area contributed by atoms with Gasteiger partial charge in [-0.15, -0.1) is 0 Å². The first-order chi connectivity index (χ1) is 14.5. The molecule has 1 aliphatic heterocycles. The molecule has 7 heteroatoms. The lowest BCUT2D eigenvalue weighted by Crippen LogP contribution is -2.20. The van der Waals surface area contributed by atoms with E-state index in [9.17, 15) is 9.59 Å². The zero-order valence-corrected chi connectivity index (χ0v) is 17.1. The second kappa shape index (κ2) is 8.61. The highest BCUT2D eigenvalue weighted by Gasteiger charge is 2.24. The van der Waals surface area contributed by atoms with Crippen molar-refractivity contribution in [2.24, 2.45) is 0 Å². The second-order valence-corrected chi connectivity index (χ2v) is 7.49. The maximum absolute atomic E-state index is 12.3. The molecule has 2 amide bonds. The molecular weight excluding hydrogens is 423 g/mol. The highest BCUT2D eigenvalue weighted by molar-refractivity contribution is 6.36. The van der Waals surface area contributed by atoms with Crippen LogP contribution in [-0.4, -0.2) is 18.4 Å². The first-order valence-corrected chi connectivity index (χ1v) is 9.85. The number of carbonyl (C=O) groups is 2. The monoisotopic (exact) mass is 438 g/mol. The van der Waals surface area contributed by atoms with E-state index in [0.29, 0.717) is 27.1 Å². The lowest BCUT2D eigenvalue weighted by molar-refractivity contribution is -0.118. The number of ether oxygens (including phenoxy) is 1. The number of amides is 2. The molecule has 30 heavy (non-hydrogen) atoms. The van der Waals surface area contributed by atoms with Gasteiger partial charge in [-0.2, -0.15) is 0 Å². The minimum Gasteiger partial charge on any atom is -0.484 e. The molecule has 4 rings (SSSR count). The molecule has 0 saturated heterocycles. The molecule has 150 valence electrons. The highest BCUT2D eigenvalue weighted by atomic mass is 35.5. The predicted molar refractivity (Wildman–Crippen MR) is 120 cm³/mol. The van der Waals surface area contributed by atoms with E-state index in [4.69, 9.17) is 27.9 Å². The number of anilines is 2. The lowest BCUT2D eigenvalue weighted by atomic mass is 10.0. The van der Waals surface area contributed by atoms with Crippen LogP contribution in [0.25, 0.3) is 11.6 Å². The number of hydrogen-bond acceptors (Lipinski definition) is 3. The molecule has 0 bridgehead atoms. The molecule has 0 aromatic heterocycles. The van der Waals surface area contributed by atoms with E-state index in [0.717, 1.165) is 16.8 Å². The zero-order valence-electron chi connectivity index (χ0n) is 15.6. The summed E-state index contributed by atoms with van der Waals surface area (Å²) in [5, 5.41) is 6.64. The molecule has 0 unspecified atom stereocenters. The lowest BCUT2D eigenvalue weighted by Gasteiger charge is -2.08. The summed E-state index contributed by atoms with van der Waals surface area (Å²) >= 11 is 12.0. The van der Waals surface area contributed by atoms with Crippen LogP contribution in [0.2, 0.25) is 10.0 Å². The van der Waals surface area contributed by atoms with E-state index in [1.54, 1.807) is 60.7 Å². The molecule has 0 radical (unpaired) electrons. The summed E-state index contributed by atoms with van der Waals surface area (Å²) in [4.78, 5) is 24.3. The normalized spacial score (nSPS) is 13.7. The van der Waals surface area contributed by atoms with E-state index >= 15 is 0 Å². The Morgan fingerprint density at radius 1 is 1.00 bits per heavy atom. The Bertz CT molecular complexity index is 1160. The quantitative estimate of drug-likeness (QED) is 0.516. The number of carbonyl (C=O) groups excluding carboxylic acids is 2. The van der Waals surface area contributed by atoms with Crippen LogP contribution in [0.1, 0.15) is 11.1 Å². The maximum Gasteiger partial charge on any atom is 0.262 e. The Hall–Kier alpha value is -3.28. The van der Waals surface area contributed by atoms with Crippen LogP contribution in [0, 0.1) is 0 Å². The summed E-state index contributed by atoms with van der Waals surface area (Å²) in [5.74, 6) is 0.0718. The Morgan fingerprint density at radius 2 is 1.77 bits per heavy atom. The molecule has 3 aromatic carbocycles. The van der Waals surface area contributed by atoms with Crippen LogP contribution in [0.3, 0.4) is 0 Å². The van der Waals surface area contributed by atoms with Gasteiger partial charge in [0.05, 0.1) is 0 Å². The van der Waals surface area contributed by atoms with Crippen molar-refractivity contribution in [2.75, 3.05) is 17.2 Å². The molecule has 2 N–H and O–H groups in total. The van der Waals surface area contributed by atoms with Gasteiger partial charge in [0.2, 0.25) is 0 Å². The Balaban J connectivity index is 1.40. The van der Waals surface area contributed by atoms with Crippen molar-refractivity contribution >= 4 is 58.0 Å². The Labute approximate surface area is 183 Å². The Kier molecular flexibility index (Phi) is 5.74. The van der Waals surface area contributed by atoms with Gasteiger partial charge in [-0.05, 0) is 60.2 Å². The maximum atomic E-state index is 12.3. The van der Waals surface area contributed by atoms with Gasteiger partial charge in [0.25, 0.3) is 11.8 Å². The van der Waals surface area contributed by atoms with Crippen molar-refractivity contribution in [3.63, 3.8) is 0 Å². The van der Waals surface area contributed by atoms with Gasteiger partial charge < -0.3 is 15.4 Å². The molecule has 5 nitrogen and oxygen atoms in total. The standard InChI is InChI=1S/C23H16Cl2N2O3/c24-15-2-1-3-17(11-15)26-22(28)13-30-18-7-4-14(5-8-18)10-20-19-12-16(25)6-9-21(19)27-23(20)29/h1-12H,13H2,(H,26,28)(H,27,29)/b20-10+. The molecule has 1 heterocycles. The molecule has 0 atom stereocenters. The molecule has 0 spiro atoms. The van der Waals surface area contributed by atoms with E-state index in [2.05, 4.69) is 10.6 Å². The van der Waals surface area contributed by atoms with Crippen molar-refractivity contribution in [1.82, 2.24) is 0 Å². The predicted octanol–water partition coefficient (Wildman–Crippen LogP) is 5.50. The van der Waals surface area contributed by atoms with Gasteiger partial charge in [0, 0.05) is 32.6 Å². The van der Waals surface area contributed by atoms with Crippen LogP contribution in [0.5, 0.6) is 5.75 Å². The highest BCUT2D eigenvalue weighted by Crippen LogP contribution is 2.35. The molecule has 0 fully saturated rings. The summed E-state index contributed by atoms with van der Waals surface area (Å²) in [6, 6.07) is 19.3. The summed E-state index contributed by atoms with van der Waals surface area (Å²) in [6.45, 7) is -0.138. The molecule has 0 aliphatic carbocycles. The minimum atomic E-state index is -0.292. The second-order valence-electron chi connectivity index (χ2n) is 6.62. The van der Waals surface area contributed by atoms with Crippen molar-refractivity contribution < 1.29 is 14.3 Å². The number of halogens is 2. The summed E-state index contributed by atoms with van der Waals surface area (Å²) < 4.78 is 5.53. The summed E-state index contributed by atoms with van der Waals surface area (Å²) in [7, 11) is 0. The largest absolute Gasteiger partial charge is 0.484 e. The van der Waals surface area contributed by atoms with E-state index in [1.165, 1.54) is 0 Å². The van der Waals surface area contributed by atoms with Gasteiger partial charge in [0.1, 0.15) is 5.75 Å². The fraction of sp³-hybridized carbons (Fsp3) is 0.0435. The van der Waals surface area contributed by atoms with Crippen molar-refractivity contribution in [1.29, 1.82) is 0 Å². The summed E-state index contributed by atoms with van der Waals surface area (Å²) in [5.41, 5.74) is 3.48. The third-order valence-electron chi connectivity index (χ3n) is 4.43. The Morgan fingerprint density at radius 3 is 2.53 bits per heavy atom. The molecular formula is C23H16Cl2N2O3.